The van der Waals surface area contributed by atoms with E-state index in [4.69, 9.17) is 11.6 Å². The molecule has 0 bridgehead atoms. The highest BCUT2D eigenvalue weighted by molar-refractivity contribution is 6.31. The first-order chi connectivity index (χ1) is 9.15. The van der Waals surface area contributed by atoms with Crippen LogP contribution in [-0.2, 0) is 13.0 Å². The van der Waals surface area contributed by atoms with Gasteiger partial charge in [-0.05, 0) is 43.0 Å². The van der Waals surface area contributed by atoms with Crippen molar-refractivity contribution in [1.29, 1.82) is 0 Å². The van der Waals surface area contributed by atoms with Crippen LogP contribution in [0.1, 0.15) is 23.6 Å². The third-order valence-electron chi connectivity index (χ3n) is 3.28. The van der Waals surface area contributed by atoms with Gasteiger partial charge in [-0.25, -0.2) is 0 Å². The first kappa shape index (κ1) is 14.1. The number of aryl methyl sites for hydroxylation is 1. The van der Waals surface area contributed by atoms with Crippen LogP contribution in [0.4, 0.5) is 0 Å². The Bertz CT molecular complexity index is 522. The van der Waals surface area contributed by atoms with Crippen LogP contribution in [0.5, 0.6) is 0 Å². The lowest BCUT2D eigenvalue weighted by molar-refractivity contribution is 0.545. The maximum atomic E-state index is 6.13. The Balaban J connectivity index is 1.86. The van der Waals surface area contributed by atoms with E-state index in [0.717, 1.165) is 23.6 Å². The second-order valence-electron chi connectivity index (χ2n) is 5.06. The molecule has 2 aromatic rings. The van der Waals surface area contributed by atoms with E-state index < -0.39 is 0 Å². The van der Waals surface area contributed by atoms with Gasteiger partial charge in [0.2, 0.25) is 0 Å². The fraction of sp³-hybridized carbons (Fsp3) is 0.294. The molecule has 0 aliphatic rings. The molecule has 2 rings (SSSR count). The first-order valence-corrected chi connectivity index (χ1v) is 7.05. The molecule has 0 heterocycles. The average molecular weight is 274 g/mol. The van der Waals surface area contributed by atoms with Gasteiger partial charge in [-0.1, -0.05) is 54.1 Å². The summed E-state index contributed by atoms with van der Waals surface area (Å²) >= 11 is 6.13. The molecule has 19 heavy (non-hydrogen) atoms. The Morgan fingerprint density at radius 2 is 1.79 bits per heavy atom. The fourth-order valence-electron chi connectivity index (χ4n) is 2.08. The summed E-state index contributed by atoms with van der Waals surface area (Å²) in [5, 5.41) is 4.38. The molecule has 0 saturated carbocycles. The molecule has 1 atom stereocenters. The molecule has 0 saturated heterocycles. The van der Waals surface area contributed by atoms with Crippen molar-refractivity contribution in [3.63, 3.8) is 0 Å². The Labute approximate surface area is 120 Å². The smallest absolute Gasteiger partial charge is 0.0438 e. The minimum atomic E-state index is 0.447. The van der Waals surface area contributed by atoms with Gasteiger partial charge in [0.1, 0.15) is 0 Å². The molecular weight excluding hydrogens is 254 g/mol. The lowest BCUT2D eigenvalue weighted by Gasteiger charge is -2.14. The number of benzene rings is 2. The quantitative estimate of drug-likeness (QED) is 0.853. The summed E-state index contributed by atoms with van der Waals surface area (Å²) in [6, 6.07) is 17.2. The number of rotatable bonds is 5. The summed E-state index contributed by atoms with van der Waals surface area (Å²) in [6.07, 6.45) is 1.04. The van der Waals surface area contributed by atoms with Crippen LogP contribution in [0.2, 0.25) is 5.02 Å². The van der Waals surface area contributed by atoms with Crippen molar-refractivity contribution in [2.75, 3.05) is 0 Å². The molecule has 0 radical (unpaired) electrons. The molecule has 0 fully saturated rings. The first-order valence-electron chi connectivity index (χ1n) is 6.67. The number of hydrogen-bond donors (Lipinski definition) is 1. The zero-order chi connectivity index (χ0) is 13.7. The van der Waals surface area contributed by atoms with E-state index in [9.17, 15) is 0 Å². The highest BCUT2D eigenvalue weighted by Crippen LogP contribution is 2.16. The van der Waals surface area contributed by atoms with Crippen molar-refractivity contribution in [2.45, 2.75) is 32.9 Å². The molecular formula is C17H20ClN. The third kappa shape index (κ3) is 4.38. The SMILES string of the molecule is Cc1ccc(CNC(C)Cc2ccccc2)cc1Cl. The second-order valence-corrected chi connectivity index (χ2v) is 5.46. The maximum absolute atomic E-state index is 6.13. The highest BCUT2D eigenvalue weighted by atomic mass is 35.5. The normalized spacial score (nSPS) is 12.4. The van der Waals surface area contributed by atoms with Crippen LogP contribution < -0.4 is 5.32 Å². The van der Waals surface area contributed by atoms with Crippen molar-refractivity contribution in [2.24, 2.45) is 0 Å². The van der Waals surface area contributed by atoms with Crippen molar-refractivity contribution in [3.8, 4) is 0 Å². The topological polar surface area (TPSA) is 12.0 Å². The predicted octanol–water partition coefficient (Wildman–Crippen LogP) is 4.37. The van der Waals surface area contributed by atoms with E-state index in [-0.39, 0.29) is 0 Å². The predicted molar refractivity (Wildman–Crippen MR) is 82.6 cm³/mol. The molecule has 0 aromatic heterocycles. The summed E-state index contributed by atoms with van der Waals surface area (Å²) < 4.78 is 0. The Morgan fingerprint density at radius 3 is 2.47 bits per heavy atom. The van der Waals surface area contributed by atoms with Crippen LogP contribution in [0, 0.1) is 6.92 Å². The Kier molecular flexibility index (Phi) is 5.00. The van der Waals surface area contributed by atoms with Gasteiger partial charge in [0, 0.05) is 17.6 Å². The summed E-state index contributed by atoms with van der Waals surface area (Å²) in [7, 11) is 0. The molecule has 100 valence electrons. The standard InChI is InChI=1S/C17H20ClN/c1-13-8-9-16(11-17(13)18)12-19-14(2)10-15-6-4-3-5-7-15/h3-9,11,14,19H,10,12H2,1-2H3. The van der Waals surface area contributed by atoms with Crippen LogP contribution in [0.25, 0.3) is 0 Å². The van der Waals surface area contributed by atoms with Gasteiger partial charge in [-0.15, -0.1) is 0 Å². The van der Waals surface area contributed by atoms with Gasteiger partial charge in [0.15, 0.2) is 0 Å². The van der Waals surface area contributed by atoms with Crippen LogP contribution in [0.3, 0.4) is 0 Å². The van der Waals surface area contributed by atoms with E-state index in [1.807, 2.05) is 13.0 Å². The molecule has 2 heteroatoms. The van der Waals surface area contributed by atoms with Gasteiger partial charge in [0.25, 0.3) is 0 Å². The summed E-state index contributed by atoms with van der Waals surface area (Å²) in [5.41, 5.74) is 3.72. The molecule has 1 unspecified atom stereocenters. The summed E-state index contributed by atoms with van der Waals surface area (Å²) in [5.74, 6) is 0. The molecule has 0 amide bonds. The zero-order valence-electron chi connectivity index (χ0n) is 11.5. The van der Waals surface area contributed by atoms with Crippen molar-refractivity contribution >= 4 is 11.6 Å². The molecule has 1 nitrogen and oxygen atoms in total. The largest absolute Gasteiger partial charge is 0.310 e. The van der Waals surface area contributed by atoms with Crippen LogP contribution in [0.15, 0.2) is 48.5 Å². The van der Waals surface area contributed by atoms with Gasteiger partial charge < -0.3 is 5.32 Å². The van der Waals surface area contributed by atoms with Gasteiger partial charge in [-0.2, -0.15) is 0 Å². The van der Waals surface area contributed by atoms with Crippen molar-refractivity contribution < 1.29 is 0 Å². The molecule has 0 spiro atoms. The van der Waals surface area contributed by atoms with Crippen LogP contribution in [-0.4, -0.2) is 6.04 Å². The van der Waals surface area contributed by atoms with E-state index in [0.29, 0.717) is 6.04 Å². The second kappa shape index (κ2) is 6.74. The molecule has 1 N–H and O–H groups in total. The minimum Gasteiger partial charge on any atom is -0.310 e. The number of hydrogen-bond acceptors (Lipinski definition) is 1. The van der Waals surface area contributed by atoms with E-state index >= 15 is 0 Å². The number of halogens is 1. The monoisotopic (exact) mass is 273 g/mol. The third-order valence-corrected chi connectivity index (χ3v) is 3.68. The summed E-state index contributed by atoms with van der Waals surface area (Å²) in [6.45, 7) is 5.09. The fourth-order valence-corrected chi connectivity index (χ4v) is 2.28. The Morgan fingerprint density at radius 1 is 1.05 bits per heavy atom. The van der Waals surface area contributed by atoms with Crippen molar-refractivity contribution in [1.82, 2.24) is 5.32 Å². The summed E-state index contributed by atoms with van der Waals surface area (Å²) in [4.78, 5) is 0. The van der Waals surface area contributed by atoms with E-state index in [1.54, 1.807) is 0 Å². The molecule has 0 aliphatic heterocycles. The number of nitrogens with one attached hydrogen (secondary N) is 1. The van der Waals surface area contributed by atoms with E-state index in [2.05, 4.69) is 54.7 Å². The zero-order valence-corrected chi connectivity index (χ0v) is 12.2. The maximum Gasteiger partial charge on any atom is 0.0438 e. The van der Waals surface area contributed by atoms with Crippen molar-refractivity contribution in [3.05, 3.63) is 70.2 Å². The molecule has 2 aromatic carbocycles. The van der Waals surface area contributed by atoms with Gasteiger partial charge in [-0.3, -0.25) is 0 Å². The van der Waals surface area contributed by atoms with E-state index in [1.165, 1.54) is 11.1 Å². The molecule has 0 aliphatic carbocycles. The van der Waals surface area contributed by atoms with Gasteiger partial charge >= 0.3 is 0 Å². The lowest BCUT2D eigenvalue weighted by atomic mass is 10.1. The Hall–Kier alpha value is -1.31. The van der Waals surface area contributed by atoms with Crippen LogP contribution >= 0.6 is 11.6 Å². The lowest BCUT2D eigenvalue weighted by Crippen LogP contribution is -2.27. The average Bonchev–Trinajstić information content (AvgIpc) is 2.41. The highest BCUT2D eigenvalue weighted by Gasteiger charge is 2.04. The van der Waals surface area contributed by atoms with Gasteiger partial charge in [0.05, 0.1) is 0 Å². The minimum absolute atomic E-state index is 0.447.